The van der Waals surface area contributed by atoms with E-state index in [0.717, 1.165) is 0 Å². The average molecular weight is 392 g/mol. The normalized spacial score (nSPS) is 16.0. The van der Waals surface area contributed by atoms with Gasteiger partial charge in [0.2, 0.25) is 5.60 Å². The number of hydrogen-bond donors (Lipinski definition) is 0. The largest absolute Gasteiger partial charge is 0.425 e. The van der Waals surface area contributed by atoms with Crippen molar-refractivity contribution >= 4 is 14.1 Å². The van der Waals surface area contributed by atoms with Gasteiger partial charge < -0.3 is 4.43 Å². The molecule has 3 rings (SSSR count). The molecule has 0 spiro atoms. The molecule has 2 aromatic carbocycles. The molecule has 0 aliphatic heterocycles. The Bertz CT molecular complexity index is 799. The maximum atomic E-state index is 14.8. The first kappa shape index (κ1) is 19.8. The monoisotopic (exact) mass is 392 g/mol. The molecule has 0 heterocycles. The summed E-state index contributed by atoms with van der Waals surface area (Å²) in [4.78, 5) is 12.9. The molecule has 6 heteroatoms. The Hall–Kier alpha value is -1.92. The summed E-state index contributed by atoms with van der Waals surface area (Å²) in [5.74, 6) is -0.388. The molecule has 1 aliphatic carbocycles. The van der Waals surface area contributed by atoms with Gasteiger partial charge in [-0.2, -0.15) is 13.2 Å². The van der Waals surface area contributed by atoms with Gasteiger partial charge in [0.15, 0.2) is 14.1 Å². The summed E-state index contributed by atoms with van der Waals surface area (Å²) in [6.45, 7) is 5.69. The first-order valence-electron chi connectivity index (χ1n) is 9.27. The van der Waals surface area contributed by atoms with Crippen molar-refractivity contribution in [1.29, 1.82) is 0 Å². The molecule has 0 fully saturated rings. The Kier molecular flexibility index (Phi) is 5.07. The lowest BCUT2D eigenvalue weighted by Gasteiger charge is -2.46. The minimum absolute atomic E-state index is 0.0692. The molecule has 27 heavy (non-hydrogen) atoms. The predicted molar refractivity (Wildman–Crippen MR) is 101 cm³/mol. The van der Waals surface area contributed by atoms with E-state index < -0.39 is 20.1 Å². The SMILES string of the molecule is CC[Si](CC)(CC)OC1(C(F)(F)F)c2ccccc2C(=O)c2ccccc21. The third-order valence-corrected chi connectivity index (χ3v) is 10.4. The number of ketones is 1. The lowest BCUT2D eigenvalue weighted by molar-refractivity contribution is -0.242. The van der Waals surface area contributed by atoms with E-state index in [1.54, 1.807) is 12.1 Å². The van der Waals surface area contributed by atoms with Gasteiger partial charge in [-0.15, -0.1) is 0 Å². The van der Waals surface area contributed by atoms with Crippen molar-refractivity contribution < 1.29 is 22.4 Å². The number of fused-ring (bicyclic) bond motifs is 2. The number of carbonyl (C=O) groups is 1. The lowest BCUT2D eigenvalue weighted by Crippen LogP contribution is -2.56. The van der Waals surface area contributed by atoms with E-state index in [9.17, 15) is 18.0 Å². The van der Waals surface area contributed by atoms with Crippen LogP contribution in [0.2, 0.25) is 18.1 Å². The van der Waals surface area contributed by atoms with Gasteiger partial charge in [0.05, 0.1) is 0 Å². The van der Waals surface area contributed by atoms with Gasteiger partial charge in [-0.05, 0) is 18.1 Å². The van der Waals surface area contributed by atoms with Crippen LogP contribution in [0.25, 0.3) is 0 Å². The average Bonchev–Trinajstić information content (AvgIpc) is 2.68. The summed E-state index contributed by atoms with van der Waals surface area (Å²) >= 11 is 0. The van der Waals surface area contributed by atoms with Crippen LogP contribution < -0.4 is 0 Å². The quantitative estimate of drug-likeness (QED) is 0.578. The van der Waals surface area contributed by atoms with Gasteiger partial charge in [-0.1, -0.05) is 69.3 Å². The van der Waals surface area contributed by atoms with Gasteiger partial charge in [-0.3, -0.25) is 4.79 Å². The van der Waals surface area contributed by atoms with Gasteiger partial charge >= 0.3 is 6.18 Å². The van der Waals surface area contributed by atoms with Gasteiger partial charge in [0.25, 0.3) is 0 Å². The molecule has 2 nitrogen and oxygen atoms in total. The van der Waals surface area contributed by atoms with E-state index in [1.165, 1.54) is 36.4 Å². The molecule has 1 aliphatic rings. The summed E-state index contributed by atoms with van der Waals surface area (Å²) in [5, 5.41) is 0. The molecule has 0 saturated carbocycles. The van der Waals surface area contributed by atoms with E-state index in [1.807, 2.05) is 20.8 Å². The fourth-order valence-corrected chi connectivity index (χ4v) is 6.95. The number of benzene rings is 2. The molecule has 0 radical (unpaired) electrons. The standard InChI is InChI=1S/C21H23F3O2Si/c1-4-27(5-2,6-3)26-20(21(22,23)24)17-13-9-7-11-15(17)19(25)16-12-8-10-14-18(16)20/h7-14H,4-6H2,1-3H3. The van der Waals surface area contributed by atoms with Crippen molar-refractivity contribution in [3.05, 3.63) is 70.8 Å². The smallest absolute Gasteiger partial charge is 0.396 e. The Labute approximate surface area is 158 Å². The number of rotatable bonds is 5. The highest BCUT2D eigenvalue weighted by Crippen LogP contribution is 2.54. The van der Waals surface area contributed by atoms with Crippen LogP contribution in [0, 0.1) is 0 Å². The molecule has 0 saturated heterocycles. The van der Waals surface area contributed by atoms with E-state index >= 15 is 0 Å². The van der Waals surface area contributed by atoms with Crippen molar-refractivity contribution in [1.82, 2.24) is 0 Å². The molecule has 0 N–H and O–H groups in total. The van der Waals surface area contributed by atoms with Crippen LogP contribution in [-0.4, -0.2) is 20.3 Å². The Morgan fingerprint density at radius 1 is 0.852 bits per heavy atom. The van der Waals surface area contributed by atoms with Crippen LogP contribution in [0.3, 0.4) is 0 Å². The van der Waals surface area contributed by atoms with E-state index in [4.69, 9.17) is 4.43 Å². The van der Waals surface area contributed by atoms with Crippen LogP contribution in [0.15, 0.2) is 48.5 Å². The van der Waals surface area contributed by atoms with Crippen LogP contribution in [0.5, 0.6) is 0 Å². The van der Waals surface area contributed by atoms with Crippen LogP contribution in [0.1, 0.15) is 47.8 Å². The van der Waals surface area contributed by atoms with Crippen LogP contribution in [0.4, 0.5) is 13.2 Å². The number of carbonyl (C=O) groups excluding carboxylic acids is 1. The zero-order chi connectivity index (χ0) is 19.9. The minimum Gasteiger partial charge on any atom is -0.396 e. The van der Waals surface area contributed by atoms with Crippen molar-refractivity contribution in [2.24, 2.45) is 0 Å². The van der Waals surface area contributed by atoms with E-state index in [0.29, 0.717) is 18.1 Å². The third-order valence-electron chi connectivity index (χ3n) is 5.80. The zero-order valence-corrected chi connectivity index (χ0v) is 16.7. The number of hydrogen-bond acceptors (Lipinski definition) is 2. The predicted octanol–water partition coefficient (Wildman–Crippen LogP) is 6.06. The van der Waals surface area contributed by atoms with E-state index in [-0.39, 0.29) is 28.0 Å². The first-order valence-corrected chi connectivity index (χ1v) is 11.8. The molecule has 0 unspecified atom stereocenters. The molecule has 0 bridgehead atoms. The van der Waals surface area contributed by atoms with Crippen molar-refractivity contribution in [2.75, 3.05) is 0 Å². The highest BCUT2D eigenvalue weighted by Gasteiger charge is 2.64. The summed E-state index contributed by atoms with van der Waals surface area (Å²) < 4.78 is 50.7. The summed E-state index contributed by atoms with van der Waals surface area (Å²) in [6, 6.07) is 13.7. The maximum absolute atomic E-state index is 14.8. The van der Waals surface area contributed by atoms with Crippen LogP contribution in [-0.2, 0) is 10.0 Å². The van der Waals surface area contributed by atoms with Gasteiger partial charge in [0.1, 0.15) is 0 Å². The summed E-state index contributed by atoms with van der Waals surface area (Å²) in [6.07, 6.45) is -4.70. The molecule has 0 aromatic heterocycles. The molecule has 0 atom stereocenters. The minimum atomic E-state index is -4.70. The topological polar surface area (TPSA) is 26.3 Å². The van der Waals surface area contributed by atoms with Gasteiger partial charge in [-0.25, -0.2) is 0 Å². The highest BCUT2D eigenvalue weighted by atomic mass is 28.4. The van der Waals surface area contributed by atoms with E-state index in [2.05, 4.69) is 0 Å². The Morgan fingerprint density at radius 2 is 1.26 bits per heavy atom. The summed E-state index contributed by atoms with van der Waals surface area (Å²) in [7, 11) is -2.68. The Morgan fingerprint density at radius 3 is 1.63 bits per heavy atom. The van der Waals surface area contributed by atoms with Crippen molar-refractivity contribution in [3.8, 4) is 0 Å². The second-order valence-corrected chi connectivity index (χ2v) is 11.6. The first-order chi connectivity index (χ1) is 12.8. The van der Waals surface area contributed by atoms with Crippen molar-refractivity contribution in [3.63, 3.8) is 0 Å². The molecule has 144 valence electrons. The second-order valence-electron chi connectivity index (χ2n) is 6.94. The molecular weight excluding hydrogens is 369 g/mol. The molecular formula is C21H23F3O2Si. The van der Waals surface area contributed by atoms with Gasteiger partial charge in [0, 0.05) is 22.3 Å². The molecule has 2 aromatic rings. The second kappa shape index (κ2) is 6.91. The third kappa shape index (κ3) is 2.86. The molecule has 0 amide bonds. The highest BCUT2D eigenvalue weighted by molar-refractivity contribution is 6.73. The number of alkyl halides is 3. The Balaban J connectivity index is 2.41. The fourth-order valence-electron chi connectivity index (χ4n) is 4.03. The van der Waals surface area contributed by atoms with Crippen molar-refractivity contribution in [2.45, 2.75) is 50.7 Å². The summed E-state index contributed by atoms with van der Waals surface area (Å²) in [5.41, 5.74) is -2.65. The van der Waals surface area contributed by atoms with Crippen LogP contribution >= 0.6 is 0 Å². The zero-order valence-electron chi connectivity index (χ0n) is 15.7. The number of halogens is 3. The maximum Gasteiger partial charge on any atom is 0.425 e. The lowest BCUT2D eigenvalue weighted by atomic mass is 9.74. The fraction of sp³-hybridized carbons (Fsp3) is 0.381.